The second kappa shape index (κ2) is 10.3. The number of benzene rings is 3. The van der Waals surface area contributed by atoms with Crippen molar-refractivity contribution < 1.29 is 4.79 Å². The van der Waals surface area contributed by atoms with Crippen molar-refractivity contribution in [1.29, 1.82) is 0 Å². The van der Waals surface area contributed by atoms with Gasteiger partial charge in [-0.1, -0.05) is 0 Å². The Balaban J connectivity index is 1.72. The molecule has 0 aliphatic heterocycles. The summed E-state index contributed by atoms with van der Waals surface area (Å²) >= 11 is 0.128. The van der Waals surface area contributed by atoms with Crippen LogP contribution < -0.4 is 8.92 Å². The second-order valence-corrected chi connectivity index (χ2v) is 10.1. The van der Waals surface area contributed by atoms with Crippen LogP contribution >= 0.6 is 0 Å². The molecule has 1 nitrogen and oxygen atoms in total. The molecule has 3 rings (SSSR count). The van der Waals surface area contributed by atoms with Crippen molar-refractivity contribution in [2.45, 2.75) is 11.7 Å². The zero-order valence-electron chi connectivity index (χ0n) is 14.4. The molecule has 0 heterocycles. The Kier molecular flexibility index (Phi) is 7.49. The van der Waals surface area contributed by atoms with Crippen LogP contribution in [-0.4, -0.2) is 34.6 Å². The molecule has 3 aromatic carbocycles. The van der Waals surface area contributed by atoms with E-state index in [4.69, 9.17) is 0 Å². The molecule has 0 saturated carbocycles. The van der Waals surface area contributed by atoms with Crippen molar-refractivity contribution >= 4 is 43.5 Å². The van der Waals surface area contributed by atoms with E-state index in [2.05, 4.69) is 54.6 Å². The molecule has 0 unspecified atom stereocenters. The summed E-state index contributed by atoms with van der Waals surface area (Å²) in [5.74, 6) is 0. The number of rotatable bonds is 8. The average molecular weight is 470 g/mol. The van der Waals surface area contributed by atoms with Crippen LogP contribution in [0.25, 0.3) is 0 Å². The Hall–Kier alpha value is -1.89. The minimum absolute atomic E-state index is 0.156. The Bertz CT molecular complexity index is 843. The first-order chi connectivity index (χ1) is 12.8. The van der Waals surface area contributed by atoms with Gasteiger partial charge >= 0.3 is 168 Å². The van der Waals surface area contributed by atoms with Crippen LogP contribution in [0.2, 0.25) is 5.32 Å². The van der Waals surface area contributed by atoms with Gasteiger partial charge in [0.05, 0.1) is 0 Å². The molecule has 3 heteroatoms. The molecule has 3 aromatic rings. The summed E-state index contributed by atoms with van der Waals surface area (Å²) in [4.78, 5) is 12.9. The quantitative estimate of drug-likeness (QED) is 0.365. The van der Waals surface area contributed by atoms with E-state index in [1.54, 1.807) is 0 Å². The van der Waals surface area contributed by atoms with Crippen molar-refractivity contribution in [1.82, 2.24) is 0 Å². The van der Waals surface area contributed by atoms with E-state index in [0.29, 0.717) is 4.68 Å². The van der Waals surface area contributed by atoms with E-state index in [1.165, 1.54) is 10.0 Å². The van der Waals surface area contributed by atoms with E-state index in [-0.39, 0.29) is 29.9 Å². The third-order valence-corrected chi connectivity index (χ3v) is 8.01. The van der Waals surface area contributed by atoms with Gasteiger partial charge in [-0.2, -0.15) is 0 Å². The molecular formula is C23H20OSe2. The molecular weight excluding hydrogens is 450 g/mol. The predicted octanol–water partition coefficient (Wildman–Crippen LogP) is 3.16. The summed E-state index contributed by atoms with van der Waals surface area (Å²) in [7, 11) is 0. The molecule has 0 fully saturated rings. The molecule has 0 aromatic heterocycles. The Morgan fingerprint density at radius 2 is 1.27 bits per heavy atom. The molecule has 0 aliphatic carbocycles. The van der Waals surface area contributed by atoms with E-state index in [9.17, 15) is 4.79 Å². The van der Waals surface area contributed by atoms with Gasteiger partial charge in [0.1, 0.15) is 0 Å². The van der Waals surface area contributed by atoms with Gasteiger partial charge < -0.3 is 0 Å². The molecule has 0 amide bonds. The average Bonchev–Trinajstić information content (AvgIpc) is 2.70. The topological polar surface area (TPSA) is 17.1 Å². The first-order valence-corrected chi connectivity index (χ1v) is 12.3. The fourth-order valence-corrected chi connectivity index (χ4v) is 6.46. The molecule has 0 aliphatic rings. The summed E-state index contributed by atoms with van der Waals surface area (Å²) in [6, 6.07) is 30.9. The van der Waals surface area contributed by atoms with Crippen LogP contribution in [-0.2, 0) is 11.2 Å². The molecule has 0 spiro atoms. The Labute approximate surface area is 167 Å². The molecule has 26 heavy (non-hydrogen) atoms. The van der Waals surface area contributed by atoms with Crippen LogP contribution in [0.5, 0.6) is 0 Å². The van der Waals surface area contributed by atoms with E-state index < -0.39 is 0 Å². The molecule has 0 saturated heterocycles. The zero-order chi connectivity index (χ0) is 18.0. The predicted molar refractivity (Wildman–Crippen MR) is 112 cm³/mol. The van der Waals surface area contributed by atoms with Crippen molar-refractivity contribution in [2.24, 2.45) is 0 Å². The third-order valence-electron chi connectivity index (χ3n) is 3.78. The fraction of sp³-hybridized carbons (Fsp3) is 0.0870. The Morgan fingerprint density at radius 1 is 0.731 bits per heavy atom. The van der Waals surface area contributed by atoms with Crippen LogP contribution in [0, 0.1) is 0 Å². The van der Waals surface area contributed by atoms with E-state index in [0.717, 1.165) is 21.8 Å². The molecule has 0 bridgehead atoms. The van der Waals surface area contributed by atoms with Crippen LogP contribution in [0.3, 0.4) is 0 Å². The van der Waals surface area contributed by atoms with Gasteiger partial charge in [-0.05, 0) is 0 Å². The van der Waals surface area contributed by atoms with Gasteiger partial charge in [-0.25, -0.2) is 0 Å². The summed E-state index contributed by atoms with van der Waals surface area (Å²) in [5, 5.41) is 0.858. The summed E-state index contributed by atoms with van der Waals surface area (Å²) in [6.45, 7) is 0. The first-order valence-electron chi connectivity index (χ1n) is 8.49. The minimum atomic E-state index is -0.156. The SMILES string of the molecule is O=C([Se]c1ccccc1)/C(=C\Cc1ccccc1)C[Se]c1ccccc1. The normalized spacial score (nSPS) is 11.3. The van der Waals surface area contributed by atoms with E-state index >= 15 is 0 Å². The monoisotopic (exact) mass is 472 g/mol. The van der Waals surface area contributed by atoms with Crippen molar-refractivity contribution in [3.8, 4) is 0 Å². The number of hydrogen-bond donors (Lipinski definition) is 0. The van der Waals surface area contributed by atoms with Gasteiger partial charge in [0.25, 0.3) is 0 Å². The standard InChI is InChI=1S/C23H20OSe2/c24-23(26-22-14-8-3-9-15-22)20(17-16-19-10-4-1-5-11-19)18-25-21-12-6-2-7-13-21/h1-15,17H,16,18H2/b20-17-. The van der Waals surface area contributed by atoms with Crippen molar-refractivity contribution in [3.63, 3.8) is 0 Å². The number of allylic oxidation sites excluding steroid dienone is 2. The van der Waals surface area contributed by atoms with Crippen LogP contribution in [0.4, 0.5) is 0 Å². The summed E-state index contributed by atoms with van der Waals surface area (Å²) in [6.07, 6.45) is 2.96. The summed E-state index contributed by atoms with van der Waals surface area (Å²) in [5.41, 5.74) is 2.23. The number of carbonyl (C=O) groups is 1. The molecule has 130 valence electrons. The zero-order valence-corrected chi connectivity index (χ0v) is 17.8. The van der Waals surface area contributed by atoms with Gasteiger partial charge in [0.2, 0.25) is 0 Å². The van der Waals surface area contributed by atoms with Crippen molar-refractivity contribution in [2.75, 3.05) is 0 Å². The van der Waals surface area contributed by atoms with Crippen LogP contribution in [0.15, 0.2) is 103 Å². The van der Waals surface area contributed by atoms with Gasteiger partial charge in [-0.3, -0.25) is 0 Å². The third kappa shape index (κ3) is 6.12. The first kappa shape index (κ1) is 18.9. The maximum atomic E-state index is 12.9. The molecule has 0 N–H and O–H groups in total. The fourth-order valence-electron chi connectivity index (χ4n) is 2.40. The summed E-state index contributed by atoms with van der Waals surface area (Å²) < 4.78 is 2.78. The van der Waals surface area contributed by atoms with Crippen LogP contribution in [0.1, 0.15) is 5.56 Å². The molecule has 0 atom stereocenters. The maximum absolute atomic E-state index is 12.9. The Morgan fingerprint density at radius 3 is 1.88 bits per heavy atom. The van der Waals surface area contributed by atoms with Crippen molar-refractivity contribution in [3.05, 3.63) is 108 Å². The number of carbonyl (C=O) groups excluding carboxylic acids is 1. The van der Waals surface area contributed by atoms with Gasteiger partial charge in [0.15, 0.2) is 0 Å². The number of hydrogen-bond acceptors (Lipinski definition) is 1. The second-order valence-electron chi connectivity index (χ2n) is 5.72. The van der Waals surface area contributed by atoms with Gasteiger partial charge in [-0.15, -0.1) is 0 Å². The molecule has 0 radical (unpaired) electrons. The van der Waals surface area contributed by atoms with E-state index in [1.807, 2.05) is 42.5 Å². The van der Waals surface area contributed by atoms with Gasteiger partial charge in [0, 0.05) is 0 Å².